The van der Waals surface area contributed by atoms with Gasteiger partial charge in [0, 0.05) is 56.7 Å². The molecule has 0 bridgehead atoms. The smallest absolute Gasteiger partial charge is 0.311 e. The molecule has 1 aromatic rings. The fourth-order valence-corrected chi connectivity index (χ4v) is 10.1. The van der Waals surface area contributed by atoms with E-state index < -0.39 is 159 Å². The standard InChI is InChI=1S/C49H79N3O24S/c1-25-36(59)38(61)30(22-53)71-46(25)75-44-40(63)32(24-55)73-49(45(44)76-48-42(65)41(64)37(60)26(2)69-48)74-43-35(51-27(3)56)47(72-31(23-54)39(43)62)68-19-10-6-4-5-7-11-20-77-21-18-50-33(57)12-8-9-13-34(58)70-29-16-14-28(15-17-29)52(66)67/h14-17,25-26,30-32,35-49,53-55,59-65H,4-13,18-24H2,1-3H3,(H,50,57)(H,51,56)/t25?,26?,30?,31?,32?,35?,36-,37-,38+,39-,40+,41+,42?,43-,44+,45?,46-,47+,48+,49+/m1/s1. The number of aliphatic hydroxyl groups is 10. The van der Waals surface area contributed by atoms with Gasteiger partial charge in [-0.1, -0.05) is 32.6 Å². The third-order valence-electron chi connectivity index (χ3n) is 13.7. The molecule has 0 aliphatic carbocycles. The Hall–Kier alpha value is -3.34. The van der Waals surface area contributed by atoms with E-state index in [1.54, 1.807) is 11.8 Å². The molecular weight excluding hydrogens is 1050 g/mol. The summed E-state index contributed by atoms with van der Waals surface area (Å²) >= 11 is 1.73. The Morgan fingerprint density at radius 2 is 1.19 bits per heavy atom. The Kier molecular flexibility index (Phi) is 27.0. The van der Waals surface area contributed by atoms with Gasteiger partial charge in [-0.15, -0.1) is 0 Å². The lowest BCUT2D eigenvalue weighted by atomic mass is 9.91. The molecule has 0 saturated carbocycles. The number of aliphatic hydroxyl groups excluding tert-OH is 10. The van der Waals surface area contributed by atoms with Crippen LogP contribution in [0.5, 0.6) is 5.75 Å². The summed E-state index contributed by atoms with van der Waals surface area (Å²) in [6, 6.07) is 3.89. The van der Waals surface area contributed by atoms with Crippen LogP contribution < -0.4 is 15.4 Å². The summed E-state index contributed by atoms with van der Waals surface area (Å²) in [5.74, 6) is -0.347. The van der Waals surface area contributed by atoms with Gasteiger partial charge in [-0.05, 0) is 50.5 Å². The highest BCUT2D eigenvalue weighted by Gasteiger charge is 2.56. The Morgan fingerprint density at radius 3 is 1.84 bits per heavy atom. The molecule has 8 unspecified atom stereocenters. The highest BCUT2D eigenvalue weighted by atomic mass is 32.2. The second kappa shape index (κ2) is 32.2. The number of carbonyl (C=O) groups is 3. The first-order valence-electron chi connectivity index (χ1n) is 26.2. The summed E-state index contributed by atoms with van der Waals surface area (Å²) in [7, 11) is 0. The summed E-state index contributed by atoms with van der Waals surface area (Å²) in [4.78, 5) is 47.2. The maximum absolute atomic E-state index is 12.7. The number of unbranched alkanes of at least 4 members (excludes halogenated alkanes) is 6. The molecule has 4 aliphatic heterocycles. The molecule has 28 heteroatoms. The summed E-state index contributed by atoms with van der Waals surface area (Å²) in [5, 5.41) is 124. The Labute approximate surface area is 449 Å². The number of ether oxygens (including phenoxy) is 9. The first-order chi connectivity index (χ1) is 36.8. The predicted octanol–water partition coefficient (Wildman–Crippen LogP) is -2.01. The topological polar surface area (TPSA) is 404 Å². The molecule has 77 heavy (non-hydrogen) atoms. The minimum Gasteiger partial charge on any atom is -0.427 e. The summed E-state index contributed by atoms with van der Waals surface area (Å²) < 4.78 is 53.5. The van der Waals surface area contributed by atoms with Gasteiger partial charge in [0.1, 0.15) is 85.0 Å². The van der Waals surface area contributed by atoms with Crippen molar-refractivity contribution in [2.24, 2.45) is 5.92 Å². The molecule has 4 saturated heterocycles. The van der Waals surface area contributed by atoms with E-state index in [1.807, 2.05) is 0 Å². The molecule has 20 atom stereocenters. The van der Waals surface area contributed by atoms with Crippen LogP contribution >= 0.6 is 11.8 Å². The van der Waals surface area contributed by atoms with Gasteiger partial charge in [0.15, 0.2) is 25.2 Å². The molecule has 0 radical (unpaired) electrons. The van der Waals surface area contributed by atoms with Crippen LogP contribution in [0, 0.1) is 16.0 Å². The molecule has 12 N–H and O–H groups in total. The third kappa shape index (κ3) is 18.6. The molecule has 0 aromatic heterocycles. The van der Waals surface area contributed by atoms with Crippen LogP contribution in [0.15, 0.2) is 24.3 Å². The Balaban J connectivity index is 1.09. The van der Waals surface area contributed by atoms with Crippen LogP contribution in [0.4, 0.5) is 5.69 Å². The number of nitro groups is 1. The van der Waals surface area contributed by atoms with Gasteiger partial charge in [0.05, 0.1) is 37.0 Å². The van der Waals surface area contributed by atoms with Crippen molar-refractivity contribution in [3.05, 3.63) is 34.4 Å². The number of non-ortho nitro benzene ring substituents is 1. The zero-order chi connectivity index (χ0) is 56.3. The van der Waals surface area contributed by atoms with E-state index in [-0.39, 0.29) is 36.8 Å². The van der Waals surface area contributed by atoms with E-state index in [9.17, 15) is 75.6 Å². The minimum absolute atomic E-state index is 0.108. The molecule has 4 fully saturated rings. The number of carbonyl (C=O) groups excluding carboxylic acids is 3. The quantitative estimate of drug-likeness (QED) is 0.0130. The lowest BCUT2D eigenvalue weighted by Gasteiger charge is -2.51. The van der Waals surface area contributed by atoms with Crippen molar-refractivity contribution < 1.29 is 113 Å². The fraction of sp³-hybridized carbons (Fsp3) is 0.816. The number of benzene rings is 1. The van der Waals surface area contributed by atoms with E-state index in [4.69, 9.17) is 42.6 Å². The fourth-order valence-electron chi connectivity index (χ4n) is 9.22. The van der Waals surface area contributed by atoms with E-state index in [0.717, 1.165) is 43.6 Å². The lowest BCUT2D eigenvalue weighted by molar-refractivity contribution is -0.399. The zero-order valence-electron chi connectivity index (χ0n) is 43.4. The molecule has 27 nitrogen and oxygen atoms in total. The summed E-state index contributed by atoms with van der Waals surface area (Å²) in [6.07, 6.45) is -22.1. The monoisotopic (exact) mass is 1130 g/mol. The largest absolute Gasteiger partial charge is 0.427 e. The van der Waals surface area contributed by atoms with Crippen LogP contribution in [0.25, 0.3) is 0 Å². The highest BCUT2D eigenvalue weighted by Crippen LogP contribution is 2.37. The molecule has 4 heterocycles. The van der Waals surface area contributed by atoms with Crippen molar-refractivity contribution >= 4 is 35.2 Å². The van der Waals surface area contributed by atoms with Gasteiger partial charge >= 0.3 is 5.97 Å². The van der Waals surface area contributed by atoms with E-state index in [2.05, 4.69) is 10.6 Å². The maximum atomic E-state index is 12.7. The first-order valence-corrected chi connectivity index (χ1v) is 27.3. The second-order valence-corrected chi connectivity index (χ2v) is 20.8. The van der Waals surface area contributed by atoms with Crippen LogP contribution in [-0.2, 0) is 52.3 Å². The number of thioether (sulfide) groups is 1. The number of esters is 1. The summed E-state index contributed by atoms with van der Waals surface area (Å²) in [5.41, 5.74) is -0.110. The van der Waals surface area contributed by atoms with Crippen molar-refractivity contribution in [2.75, 3.05) is 44.5 Å². The van der Waals surface area contributed by atoms with Crippen molar-refractivity contribution in [1.82, 2.24) is 10.6 Å². The SMILES string of the molecule is CC(=O)NC1[C@@H](OCCCCCCCCSCCNC(=O)CCCCC(=O)Oc2ccc([N+](=O)[O-])cc2)OC(CO)[C@@H](O)[C@@H]1O[C@@H]1OC(CO)[C@H](O)[C@H](O[C@H]2OC(CO)[C@H](O)[C@H](O)C2C)C1O[C@@H]1OC(C)[C@@H](O)[C@H](O)C1O. The van der Waals surface area contributed by atoms with Crippen LogP contribution in [0.1, 0.15) is 85.0 Å². The van der Waals surface area contributed by atoms with Crippen molar-refractivity contribution in [3.8, 4) is 5.75 Å². The van der Waals surface area contributed by atoms with Gasteiger partial charge in [0.2, 0.25) is 11.8 Å². The van der Waals surface area contributed by atoms with Crippen LogP contribution in [-0.4, -0.2) is 235 Å². The number of hydrogen-bond donors (Lipinski definition) is 12. The minimum atomic E-state index is -1.91. The van der Waals surface area contributed by atoms with Gasteiger partial charge < -0.3 is 104 Å². The molecule has 5 rings (SSSR count). The van der Waals surface area contributed by atoms with Crippen molar-refractivity contribution in [3.63, 3.8) is 0 Å². The van der Waals surface area contributed by atoms with E-state index in [0.29, 0.717) is 25.8 Å². The second-order valence-electron chi connectivity index (χ2n) is 19.6. The van der Waals surface area contributed by atoms with E-state index in [1.165, 1.54) is 45.0 Å². The van der Waals surface area contributed by atoms with Crippen LogP contribution in [0.2, 0.25) is 0 Å². The molecule has 0 spiro atoms. The molecule has 4 aliphatic rings. The van der Waals surface area contributed by atoms with E-state index >= 15 is 0 Å². The lowest BCUT2D eigenvalue weighted by Crippen LogP contribution is -2.69. The Morgan fingerprint density at radius 1 is 0.623 bits per heavy atom. The van der Waals surface area contributed by atoms with Gasteiger partial charge in [-0.25, -0.2) is 0 Å². The number of amides is 2. The average molecular weight is 1130 g/mol. The highest BCUT2D eigenvalue weighted by molar-refractivity contribution is 7.99. The normalized spacial score (nSPS) is 35.5. The number of rotatable bonds is 30. The van der Waals surface area contributed by atoms with Gasteiger partial charge in [-0.2, -0.15) is 11.8 Å². The number of nitrogens with zero attached hydrogens (tertiary/aromatic N) is 1. The number of nitrogens with one attached hydrogen (secondary N) is 2. The van der Waals surface area contributed by atoms with Crippen molar-refractivity contribution in [1.29, 1.82) is 0 Å². The molecule has 2 amide bonds. The van der Waals surface area contributed by atoms with Crippen molar-refractivity contribution in [2.45, 2.75) is 202 Å². The average Bonchev–Trinajstić information content (AvgIpc) is 3.42. The first kappa shape index (κ1) is 64.5. The Bertz CT molecular complexity index is 1950. The number of nitro benzene ring substituents is 1. The molecule has 440 valence electrons. The van der Waals surface area contributed by atoms with Crippen LogP contribution in [0.3, 0.4) is 0 Å². The summed E-state index contributed by atoms with van der Waals surface area (Å²) in [6.45, 7) is 2.33. The third-order valence-corrected chi connectivity index (χ3v) is 14.8. The maximum Gasteiger partial charge on any atom is 0.311 e. The zero-order valence-corrected chi connectivity index (χ0v) is 44.2. The predicted molar refractivity (Wildman–Crippen MR) is 266 cm³/mol. The van der Waals surface area contributed by atoms with Gasteiger partial charge in [0.25, 0.3) is 5.69 Å². The van der Waals surface area contributed by atoms with Gasteiger partial charge in [-0.3, -0.25) is 24.5 Å². The molecule has 1 aromatic carbocycles. The molecular formula is C49H79N3O24S. The number of hydrogen-bond acceptors (Lipinski definition) is 25.